The van der Waals surface area contributed by atoms with Crippen molar-refractivity contribution in [3.8, 4) is 0 Å². The predicted molar refractivity (Wildman–Crippen MR) is 131 cm³/mol. The Hall–Kier alpha value is -1.89. The Morgan fingerprint density at radius 3 is 2.14 bits per heavy atom. The minimum Gasteiger partial charge on any atom is -0.395 e. The molecule has 0 saturated carbocycles. The molecule has 0 bridgehead atoms. The van der Waals surface area contributed by atoms with E-state index in [1.165, 1.54) is 23.9 Å². The maximum absolute atomic E-state index is 13.3. The van der Waals surface area contributed by atoms with Crippen LogP contribution in [0.15, 0.2) is 58.3 Å². The lowest BCUT2D eigenvalue weighted by Crippen LogP contribution is -2.47. The molecule has 0 spiro atoms. The van der Waals surface area contributed by atoms with Gasteiger partial charge in [0.2, 0.25) is 0 Å². The maximum Gasteiger partial charge on any atom is 0.416 e. The highest BCUT2D eigenvalue weighted by Gasteiger charge is 2.32. The number of hydrogen-bond donors (Lipinski definition) is 2. The van der Waals surface area contributed by atoms with Gasteiger partial charge in [0.25, 0.3) is 10.1 Å². The molecule has 2 aliphatic rings. The third kappa shape index (κ3) is 8.33. The molecule has 0 radical (unpaired) electrons. The lowest BCUT2D eigenvalue weighted by molar-refractivity contribution is -0.137. The normalized spacial score (nSPS) is 17.9. The summed E-state index contributed by atoms with van der Waals surface area (Å²) in [6.07, 6.45) is -0.759. The number of fused-ring (bicyclic) bond motifs is 2. The van der Waals surface area contributed by atoms with Gasteiger partial charge in [0, 0.05) is 49.1 Å². The first kappa shape index (κ1) is 27.7. The lowest BCUT2D eigenvalue weighted by Gasteiger charge is -2.34. The zero-order chi connectivity index (χ0) is 25.6. The van der Waals surface area contributed by atoms with Crippen LogP contribution in [0, 0.1) is 0 Å². The first-order chi connectivity index (χ1) is 16.5. The summed E-state index contributed by atoms with van der Waals surface area (Å²) in [5, 5.41) is 9.06. The van der Waals surface area contributed by atoms with Crippen LogP contribution in [0.3, 0.4) is 0 Å². The average Bonchev–Trinajstić information content (AvgIpc) is 2.78. The highest BCUT2D eigenvalue weighted by atomic mass is 32.2. The average molecular weight is 531 g/mol. The topological polar surface area (TPSA) is 81.1 Å². The van der Waals surface area contributed by atoms with Crippen LogP contribution in [0.4, 0.5) is 13.2 Å². The van der Waals surface area contributed by atoms with Crippen LogP contribution in [-0.2, 0) is 16.3 Å². The van der Waals surface area contributed by atoms with Crippen LogP contribution in [0.5, 0.6) is 0 Å². The number of aliphatic hydroxyl groups excluding tert-OH is 1. The van der Waals surface area contributed by atoms with E-state index < -0.39 is 21.9 Å². The minimum absolute atomic E-state index is 0.183. The first-order valence-electron chi connectivity index (χ1n) is 11.1. The largest absolute Gasteiger partial charge is 0.416 e. The third-order valence-electron chi connectivity index (χ3n) is 5.67. The minimum atomic E-state index is -4.35. The van der Waals surface area contributed by atoms with Crippen molar-refractivity contribution in [2.45, 2.75) is 22.4 Å². The van der Waals surface area contributed by atoms with E-state index in [4.69, 9.17) is 9.66 Å². The standard InChI is InChI=1S/C23H25F3N2OS.CH4O3S/c24-23(25,26)17-7-8-22-20(16-17)18(19-4-1-2-6-21(19)30-22)5-3-9-27-10-12-28(13-11-27)14-15-29;1-5(2,3)4/h1-2,4-8,16,29H,3,9-15H2;1H3,(H,2,3,4). The molecule has 2 N–H and O–H groups in total. The van der Waals surface area contributed by atoms with Crippen LogP contribution in [0.2, 0.25) is 0 Å². The Morgan fingerprint density at radius 1 is 0.971 bits per heavy atom. The predicted octanol–water partition coefficient (Wildman–Crippen LogP) is 4.11. The molecule has 35 heavy (non-hydrogen) atoms. The molecule has 0 atom stereocenters. The molecule has 0 aliphatic carbocycles. The van der Waals surface area contributed by atoms with Gasteiger partial charge in [0.05, 0.1) is 18.4 Å². The summed E-state index contributed by atoms with van der Waals surface area (Å²) in [4.78, 5) is 6.57. The van der Waals surface area contributed by atoms with Crippen molar-refractivity contribution in [3.05, 3.63) is 65.2 Å². The van der Waals surface area contributed by atoms with Crippen LogP contribution in [-0.4, -0.2) is 80.0 Å². The number of hydrogen-bond acceptors (Lipinski definition) is 6. The zero-order valence-corrected chi connectivity index (χ0v) is 21.0. The summed E-state index contributed by atoms with van der Waals surface area (Å²) < 4.78 is 65.8. The monoisotopic (exact) mass is 530 g/mol. The Labute approximate surface area is 208 Å². The van der Waals surface area contributed by atoms with Gasteiger partial charge in [-0.25, -0.2) is 0 Å². The van der Waals surface area contributed by atoms with E-state index in [0.717, 1.165) is 60.1 Å². The van der Waals surface area contributed by atoms with Crippen molar-refractivity contribution >= 4 is 27.5 Å². The SMILES string of the molecule is CS(=O)(=O)O.OCCN1CCN(CCC=C2c3ccccc3Sc3ccc(C(F)(F)F)cc32)CC1. The van der Waals surface area contributed by atoms with Gasteiger partial charge in [-0.1, -0.05) is 36.0 Å². The molecule has 0 aromatic heterocycles. The van der Waals surface area contributed by atoms with E-state index in [-0.39, 0.29) is 6.61 Å². The molecule has 2 aromatic carbocycles. The molecule has 1 saturated heterocycles. The molecule has 6 nitrogen and oxygen atoms in total. The van der Waals surface area contributed by atoms with Gasteiger partial charge in [-0.15, -0.1) is 0 Å². The fourth-order valence-electron chi connectivity index (χ4n) is 4.04. The Morgan fingerprint density at radius 2 is 1.54 bits per heavy atom. The van der Waals surface area contributed by atoms with Gasteiger partial charge in [0.1, 0.15) is 0 Å². The Kier molecular flexibility index (Phi) is 9.41. The molecule has 192 valence electrons. The molecule has 4 rings (SSSR count). The van der Waals surface area contributed by atoms with Gasteiger partial charge >= 0.3 is 6.18 Å². The number of halogens is 3. The maximum atomic E-state index is 13.3. The second-order valence-corrected chi connectivity index (χ2v) is 10.9. The number of nitrogens with zero attached hydrogens (tertiary/aromatic N) is 2. The van der Waals surface area contributed by atoms with Crippen LogP contribution < -0.4 is 0 Å². The summed E-state index contributed by atoms with van der Waals surface area (Å²) in [6.45, 7) is 5.55. The molecular weight excluding hydrogens is 501 g/mol. The number of benzene rings is 2. The summed E-state index contributed by atoms with van der Waals surface area (Å²) >= 11 is 1.53. The van der Waals surface area contributed by atoms with E-state index in [9.17, 15) is 21.6 Å². The molecule has 2 aliphatic heterocycles. The van der Waals surface area contributed by atoms with Crippen LogP contribution >= 0.6 is 11.8 Å². The number of rotatable bonds is 5. The van der Waals surface area contributed by atoms with Gasteiger partial charge in [-0.05, 0) is 47.4 Å². The summed E-state index contributed by atoms with van der Waals surface area (Å²) in [7, 11) is -3.67. The van der Waals surface area contributed by atoms with E-state index in [1.807, 2.05) is 24.3 Å². The molecule has 2 aromatic rings. The van der Waals surface area contributed by atoms with E-state index in [2.05, 4.69) is 15.9 Å². The number of piperazine rings is 1. The van der Waals surface area contributed by atoms with Crippen molar-refractivity contribution in [2.75, 3.05) is 52.1 Å². The quantitative estimate of drug-likeness (QED) is 0.481. The van der Waals surface area contributed by atoms with Gasteiger partial charge in [-0.3, -0.25) is 9.45 Å². The van der Waals surface area contributed by atoms with Crippen LogP contribution in [0.25, 0.3) is 5.57 Å². The van der Waals surface area contributed by atoms with Gasteiger partial charge in [-0.2, -0.15) is 21.6 Å². The van der Waals surface area contributed by atoms with E-state index in [1.54, 1.807) is 6.07 Å². The van der Waals surface area contributed by atoms with Crippen molar-refractivity contribution in [1.29, 1.82) is 0 Å². The van der Waals surface area contributed by atoms with Crippen LogP contribution in [0.1, 0.15) is 23.1 Å². The molecule has 0 amide bonds. The third-order valence-corrected chi connectivity index (χ3v) is 6.82. The van der Waals surface area contributed by atoms with Crippen molar-refractivity contribution in [1.82, 2.24) is 9.80 Å². The van der Waals surface area contributed by atoms with Crippen molar-refractivity contribution < 1.29 is 31.2 Å². The fourth-order valence-corrected chi connectivity index (χ4v) is 5.12. The molecule has 0 unspecified atom stereocenters. The molecule has 2 heterocycles. The molecule has 1 fully saturated rings. The summed E-state index contributed by atoms with van der Waals surface area (Å²) in [5.41, 5.74) is 1.96. The van der Waals surface area contributed by atoms with Gasteiger partial charge in [0.15, 0.2) is 0 Å². The number of β-amino-alcohol motifs (C(OH)–C–C–N with tert-alkyl or cyclic N) is 1. The smallest absolute Gasteiger partial charge is 0.395 e. The lowest BCUT2D eigenvalue weighted by atomic mass is 9.94. The number of aliphatic hydroxyl groups is 1. The number of alkyl halides is 3. The Balaban J connectivity index is 0.000000623. The molecular formula is C24H29F3N2O4S2. The van der Waals surface area contributed by atoms with E-state index >= 15 is 0 Å². The zero-order valence-electron chi connectivity index (χ0n) is 19.3. The molecule has 11 heteroatoms. The first-order valence-corrected chi connectivity index (χ1v) is 13.8. The van der Waals surface area contributed by atoms with Crippen molar-refractivity contribution in [3.63, 3.8) is 0 Å². The Bertz CT molecular complexity index is 1140. The summed E-state index contributed by atoms with van der Waals surface area (Å²) in [5.74, 6) is 0. The van der Waals surface area contributed by atoms with E-state index in [0.29, 0.717) is 18.4 Å². The highest BCUT2D eigenvalue weighted by molar-refractivity contribution is 7.99. The summed E-state index contributed by atoms with van der Waals surface area (Å²) in [6, 6.07) is 12.0. The second-order valence-electron chi connectivity index (χ2n) is 8.35. The second kappa shape index (κ2) is 11.9. The fraction of sp³-hybridized carbons (Fsp3) is 0.417. The van der Waals surface area contributed by atoms with Gasteiger partial charge < -0.3 is 10.0 Å². The highest BCUT2D eigenvalue weighted by Crippen LogP contribution is 2.47. The van der Waals surface area contributed by atoms with Crippen molar-refractivity contribution in [2.24, 2.45) is 0 Å².